The summed E-state index contributed by atoms with van der Waals surface area (Å²) in [7, 11) is 1.62. The minimum Gasteiger partial charge on any atom is -0.462 e. The van der Waals surface area contributed by atoms with Crippen molar-refractivity contribution in [2.45, 2.75) is 12.6 Å². The van der Waals surface area contributed by atoms with Gasteiger partial charge in [0.1, 0.15) is 18.1 Å². The second kappa shape index (κ2) is 5.89. The molecule has 0 bridgehead atoms. The fraction of sp³-hybridized carbons (Fsp3) is 0.231. The van der Waals surface area contributed by atoms with E-state index in [0.717, 1.165) is 15.8 Å². The van der Waals surface area contributed by atoms with Gasteiger partial charge in [-0.25, -0.2) is 0 Å². The number of halogens is 2. The normalized spacial score (nSPS) is 12.7. The molecular formula is C13H13BrClNO2. The Bertz CT molecular complexity index is 542. The third kappa shape index (κ3) is 2.95. The van der Waals surface area contributed by atoms with Gasteiger partial charge in [-0.05, 0) is 29.8 Å². The average molecular weight is 331 g/mol. The smallest absolute Gasteiger partial charge is 0.129 e. The van der Waals surface area contributed by atoms with Crippen molar-refractivity contribution in [3.8, 4) is 0 Å². The first kappa shape index (κ1) is 13.6. The number of rotatable bonds is 4. The zero-order valence-electron chi connectivity index (χ0n) is 9.82. The molecule has 1 aromatic carbocycles. The Morgan fingerprint density at radius 2 is 2.17 bits per heavy atom. The van der Waals surface area contributed by atoms with Gasteiger partial charge in [0.05, 0.1) is 6.04 Å². The van der Waals surface area contributed by atoms with E-state index in [1.165, 1.54) is 0 Å². The maximum absolute atomic E-state index is 6.17. The summed E-state index contributed by atoms with van der Waals surface area (Å²) >= 11 is 9.53. The molecule has 1 atom stereocenters. The number of benzene rings is 1. The number of furan rings is 1. The van der Waals surface area contributed by atoms with E-state index in [2.05, 4.69) is 15.9 Å². The lowest BCUT2D eigenvalue weighted by Crippen LogP contribution is -2.11. The van der Waals surface area contributed by atoms with Crippen molar-refractivity contribution in [1.29, 1.82) is 0 Å². The minimum atomic E-state index is -0.379. The molecule has 0 saturated heterocycles. The van der Waals surface area contributed by atoms with Crippen LogP contribution in [0.25, 0.3) is 0 Å². The highest BCUT2D eigenvalue weighted by atomic mass is 79.9. The summed E-state index contributed by atoms with van der Waals surface area (Å²) in [4.78, 5) is 0. The Morgan fingerprint density at radius 1 is 1.39 bits per heavy atom. The summed E-state index contributed by atoms with van der Waals surface area (Å²) in [5.74, 6) is 1.42. The zero-order chi connectivity index (χ0) is 13.1. The fourth-order valence-corrected chi connectivity index (χ4v) is 2.48. The van der Waals surface area contributed by atoms with E-state index in [-0.39, 0.29) is 6.04 Å². The number of ether oxygens (including phenoxy) is 1. The fourth-order valence-electron chi connectivity index (χ4n) is 1.69. The molecule has 0 radical (unpaired) electrons. The molecular weight excluding hydrogens is 318 g/mol. The third-order valence-corrected chi connectivity index (χ3v) is 3.39. The second-order valence-electron chi connectivity index (χ2n) is 3.88. The molecule has 0 aliphatic heterocycles. The van der Waals surface area contributed by atoms with E-state index < -0.39 is 0 Å². The molecule has 96 valence electrons. The van der Waals surface area contributed by atoms with Crippen molar-refractivity contribution in [1.82, 2.24) is 0 Å². The van der Waals surface area contributed by atoms with Gasteiger partial charge < -0.3 is 14.9 Å². The van der Waals surface area contributed by atoms with Gasteiger partial charge in [0.25, 0.3) is 0 Å². The number of nitrogens with two attached hydrogens (primary N) is 1. The Kier molecular flexibility index (Phi) is 4.45. The summed E-state index contributed by atoms with van der Waals surface area (Å²) in [5.41, 5.74) is 6.97. The highest BCUT2D eigenvalue weighted by molar-refractivity contribution is 9.10. The lowest BCUT2D eigenvalue weighted by atomic mass is 10.1. The Morgan fingerprint density at radius 3 is 2.83 bits per heavy atom. The van der Waals surface area contributed by atoms with Crippen LogP contribution in [0.5, 0.6) is 0 Å². The molecule has 2 N–H and O–H groups in total. The van der Waals surface area contributed by atoms with Gasteiger partial charge in [-0.15, -0.1) is 0 Å². The first-order valence-electron chi connectivity index (χ1n) is 5.40. The molecule has 0 aliphatic carbocycles. The molecule has 5 heteroatoms. The Labute approximate surface area is 119 Å². The predicted molar refractivity (Wildman–Crippen MR) is 74.6 cm³/mol. The van der Waals surface area contributed by atoms with E-state index >= 15 is 0 Å². The Hall–Kier alpha value is -0.810. The van der Waals surface area contributed by atoms with Crippen molar-refractivity contribution in [2.75, 3.05) is 7.11 Å². The maximum atomic E-state index is 6.17. The topological polar surface area (TPSA) is 48.4 Å². The Balaban J connectivity index is 2.26. The quantitative estimate of drug-likeness (QED) is 0.925. The number of hydrogen-bond acceptors (Lipinski definition) is 3. The van der Waals surface area contributed by atoms with Gasteiger partial charge in [0.15, 0.2) is 0 Å². The van der Waals surface area contributed by atoms with Crippen LogP contribution in [-0.4, -0.2) is 7.11 Å². The molecule has 2 aromatic rings. The maximum Gasteiger partial charge on any atom is 0.129 e. The second-order valence-corrected chi connectivity index (χ2v) is 5.20. The van der Waals surface area contributed by atoms with E-state index in [1.807, 2.05) is 30.3 Å². The molecule has 0 spiro atoms. The SMILES string of the molecule is COCc1ccc(C(N)c2ccc(Br)cc2Cl)o1. The summed E-state index contributed by atoms with van der Waals surface area (Å²) in [6.45, 7) is 0.431. The monoisotopic (exact) mass is 329 g/mol. The standard InChI is InChI=1S/C13H13BrClNO2/c1-17-7-9-3-5-12(18-9)13(16)10-4-2-8(14)6-11(10)15/h2-6,13H,7,16H2,1H3. The van der Waals surface area contributed by atoms with E-state index in [0.29, 0.717) is 17.4 Å². The van der Waals surface area contributed by atoms with Gasteiger partial charge in [-0.3, -0.25) is 0 Å². The van der Waals surface area contributed by atoms with Crippen molar-refractivity contribution in [2.24, 2.45) is 5.73 Å². The van der Waals surface area contributed by atoms with Crippen LogP contribution in [0.3, 0.4) is 0 Å². The summed E-state index contributed by atoms with van der Waals surface area (Å²) < 4.78 is 11.5. The van der Waals surface area contributed by atoms with E-state index in [1.54, 1.807) is 7.11 Å². The highest BCUT2D eigenvalue weighted by Gasteiger charge is 2.16. The molecule has 0 amide bonds. The van der Waals surface area contributed by atoms with Crippen molar-refractivity contribution >= 4 is 27.5 Å². The van der Waals surface area contributed by atoms with Crippen LogP contribution >= 0.6 is 27.5 Å². The van der Waals surface area contributed by atoms with Crippen LogP contribution in [0, 0.1) is 0 Å². The lowest BCUT2D eigenvalue weighted by Gasteiger charge is -2.11. The van der Waals surface area contributed by atoms with Gasteiger partial charge in [0.2, 0.25) is 0 Å². The highest BCUT2D eigenvalue weighted by Crippen LogP contribution is 2.29. The molecule has 0 aliphatic rings. The first-order valence-corrected chi connectivity index (χ1v) is 6.57. The zero-order valence-corrected chi connectivity index (χ0v) is 12.2. The summed E-state index contributed by atoms with van der Waals surface area (Å²) in [5, 5.41) is 0.613. The van der Waals surface area contributed by atoms with Crippen LogP contribution in [0.1, 0.15) is 23.1 Å². The van der Waals surface area contributed by atoms with E-state index in [4.69, 9.17) is 26.5 Å². The number of hydrogen-bond donors (Lipinski definition) is 1. The first-order chi connectivity index (χ1) is 8.61. The largest absolute Gasteiger partial charge is 0.462 e. The summed E-state index contributed by atoms with van der Waals surface area (Å²) in [6.07, 6.45) is 0. The molecule has 0 fully saturated rings. The molecule has 2 rings (SSSR count). The lowest BCUT2D eigenvalue weighted by molar-refractivity contribution is 0.162. The molecule has 0 saturated carbocycles. The van der Waals surface area contributed by atoms with Crippen LogP contribution < -0.4 is 5.73 Å². The molecule has 3 nitrogen and oxygen atoms in total. The van der Waals surface area contributed by atoms with Gasteiger partial charge in [0, 0.05) is 16.6 Å². The van der Waals surface area contributed by atoms with E-state index in [9.17, 15) is 0 Å². The molecule has 1 heterocycles. The van der Waals surface area contributed by atoms with Crippen molar-refractivity contribution in [3.05, 3.63) is 56.9 Å². The minimum absolute atomic E-state index is 0.379. The van der Waals surface area contributed by atoms with Crippen molar-refractivity contribution in [3.63, 3.8) is 0 Å². The molecule has 1 aromatic heterocycles. The van der Waals surface area contributed by atoms with Crippen molar-refractivity contribution < 1.29 is 9.15 Å². The van der Waals surface area contributed by atoms with Crippen LogP contribution in [0.2, 0.25) is 5.02 Å². The molecule has 18 heavy (non-hydrogen) atoms. The average Bonchev–Trinajstić information content (AvgIpc) is 2.77. The summed E-state index contributed by atoms with van der Waals surface area (Å²) in [6, 6.07) is 8.92. The van der Waals surface area contributed by atoms with Crippen LogP contribution in [0.15, 0.2) is 39.2 Å². The van der Waals surface area contributed by atoms with Gasteiger partial charge >= 0.3 is 0 Å². The predicted octanol–water partition coefficient (Wildman–Crippen LogP) is 3.89. The third-order valence-electron chi connectivity index (χ3n) is 2.57. The molecule has 1 unspecified atom stereocenters. The van der Waals surface area contributed by atoms with Gasteiger partial charge in [-0.1, -0.05) is 33.6 Å². The number of methoxy groups -OCH3 is 1. The van der Waals surface area contributed by atoms with Crippen LogP contribution in [0.4, 0.5) is 0 Å². The van der Waals surface area contributed by atoms with Crippen LogP contribution in [-0.2, 0) is 11.3 Å². The van der Waals surface area contributed by atoms with Gasteiger partial charge in [-0.2, -0.15) is 0 Å².